The Morgan fingerprint density at radius 2 is 1.83 bits per heavy atom. The van der Waals surface area contributed by atoms with Gasteiger partial charge in [0, 0.05) is 62.1 Å². The number of pyridine rings is 2. The van der Waals surface area contributed by atoms with Crippen LogP contribution in [-0.4, -0.2) is 86.1 Å². The average Bonchev–Trinajstić information content (AvgIpc) is 3.76. The van der Waals surface area contributed by atoms with E-state index in [9.17, 15) is 22.8 Å². The van der Waals surface area contributed by atoms with Crippen molar-refractivity contribution in [1.82, 2.24) is 38.5 Å². The molecule has 1 amide bonds. The van der Waals surface area contributed by atoms with Crippen LogP contribution in [-0.2, 0) is 21.4 Å². The Morgan fingerprint density at radius 1 is 1.09 bits per heavy atom. The Labute approximate surface area is 271 Å². The van der Waals surface area contributed by atoms with E-state index in [0.717, 1.165) is 31.4 Å². The maximum atomic E-state index is 13.5. The van der Waals surface area contributed by atoms with Gasteiger partial charge >= 0.3 is 10.2 Å². The standard InChI is InChI=1S/C30H37N11O5S/c1-18-23-16-34-30(37-27(23)41(21-5-3-4-6-21)29(44)26(18)19(2)42)36-25-8-7-22(15-33-25)39-9-11-40(12-10-39)47(45,46)38-28(43)24(31)13-20-14-32-17-35-20/h7-8,14-17,21,24H,3-6,9-13,31H2,1-2H3,(H,32,35)(H,38,43)(H,33,34,36,37). The summed E-state index contributed by atoms with van der Waals surface area (Å²) in [5.41, 5.74) is 8.24. The number of nitrogens with zero attached hydrogens (tertiary/aromatic N) is 7. The maximum Gasteiger partial charge on any atom is 0.303 e. The molecule has 0 aromatic carbocycles. The Bertz CT molecular complexity index is 1950. The number of nitrogens with one attached hydrogen (secondary N) is 3. The first-order valence-electron chi connectivity index (χ1n) is 15.5. The summed E-state index contributed by atoms with van der Waals surface area (Å²) < 4.78 is 30.7. The molecule has 16 nitrogen and oxygen atoms in total. The molecular weight excluding hydrogens is 626 g/mol. The molecule has 5 heterocycles. The largest absolute Gasteiger partial charge is 0.368 e. The third-order valence-corrected chi connectivity index (χ3v) is 10.2. The lowest BCUT2D eigenvalue weighted by Crippen LogP contribution is -2.55. The second-order valence-electron chi connectivity index (χ2n) is 11.9. The number of anilines is 3. The summed E-state index contributed by atoms with van der Waals surface area (Å²) in [7, 11) is -4.07. The third-order valence-electron chi connectivity index (χ3n) is 8.74. The predicted octanol–water partition coefficient (Wildman–Crippen LogP) is 1.33. The van der Waals surface area contributed by atoms with Gasteiger partial charge in [-0.25, -0.2) is 19.7 Å². The monoisotopic (exact) mass is 663 g/mol. The van der Waals surface area contributed by atoms with Crippen molar-refractivity contribution in [1.29, 1.82) is 0 Å². The molecule has 1 saturated carbocycles. The highest BCUT2D eigenvalue weighted by atomic mass is 32.2. The molecule has 47 heavy (non-hydrogen) atoms. The van der Waals surface area contributed by atoms with E-state index >= 15 is 0 Å². The van der Waals surface area contributed by atoms with E-state index in [2.05, 4.69) is 30.0 Å². The Hall–Kier alpha value is -4.74. The fraction of sp³-hybridized carbons (Fsp3) is 0.433. The highest BCUT2D eigenvalue weighted by Gasteiger charge is 2.30. The summed E-state index contributed by atoms with van der Waals surface area (Å²) in [6.07, 6.45) is 10.1. The van der Waals surface area contributed by atoms with Crippen molar-refractivity contribution < 1.29 is 18.0 Å². The van der Waals surface area contributed by atoms with E-state index in [4.69, 9.17) is 10.7 Å². The zero-order valence-electron chi connectivity index (χ0n) is 26.1. The van der Waals surface area contributed by atoms with Crippen LogP contribution in [0.15, 0.2) is 41.8 Å². The lowest BCUT2D eigenvalue weighted by molar-refractivity contribution is -0.120. The number of Topliss-reactive ketones (excluding diaryl/α,β-unsaturated/α-hetero) is 1. The number of imidazole rings is 1. The highest BCUT2D eigenvalue weighted by Crippen LogP contribution is 2.32. The van der Waals surface area contributed by atoms with Gasteiger partial charge in [0.15, 0.2) is 5.78 Å². The van der Waals surface area contributed by atoms with Crippen LogP contribution in [0, 0.1) is 6.92 Å². The lowest BCUT2D eigenvalue weighted by atomic mass is 10.0. The van der Waals surface area contributed by atoms with Gasteiger partial charge in [-0.3, -0.25) is 19.0 Å². The normalized spacial score (nSPS) is 16.8. The molecule has 17 heteroatoms. The van der Waals surface area contributed by atoms with Gasteiger partial charge in [-0.1, -0.05) is 12.8 Å². The molecule has 1 unspecified atom stereocenters. The van der Waals surface area contributed by atoms with Gasteiger partial charge in [-0.05, 0) is 44.4 Å². The summed E-state index contributed by atoms with van der Waals surface area (Å²) in [5.74, 6) is -0.314. The molecule has 1 saturated heterocycles. The van der Waals surface area contributed by atoms with Crippen LogP contribution in [0.1, 0.15) is 60.3 Å². The van der Waals surface area contributed by atoms with Crippen LogP contribution in [0.2, 0.25) is 0 Å². The number of aromatic nitrogens is 6. The molecule has 1 atom stereocenters. The van der Waals surface area contributed by atoms with Crippen molar-refractivity contribution in [2.24, 2.45) is 5.73 Å². The summed E-state index contributed by atoms with van der Waals surface area (Å²) in [4.78, 5) is 60.7. The molecule has 0 radical (unpaired) electrons. The second kappa shape index (κ2) is 13.2. The number of ketones is 1. The van der Waals surface area contributed by atoms with Crippen LogP contribution in [0.3, 0.4) is 0 Å². The first kappa shape index (κ1) is 32.2. The average molecular weight is 664 g/mol. The topological polar surface area (TPSA) is 214 Å². The van der Waals surface area contributed by atoms with Gasteiger partial charge in [0.25, 0.3) is 11.5 Å². The minimum Gasteiger partial charge on any atom is -0.368 e. The Balaban J connectivity index is 1.11. The van der Waals surface area contributed by atoms with Crippen molar-refractivity contribution in [2.75, 3.05) is 36.4 Å². The van der Waals surface area contributed by atoms with E-state index in [0.29, 0.717) is 41.2 Å². The number of hydrogen-bond donors (Lipinski definition) is 4. The Morgan fingerprint density at radius 3 is 2.47 bits per heavy atom. The van der Waals surface area contributed by atoms with Gasteiger partial charge in [0.05, 0.1) is 29.8 Å². The Kier molecular flexibility index (Phi) is 9.03. The molecule has 2 aliphatic rings. The first-order valence-corrected chi connectivity index (χ1v) is 16.9. The highest BCUT2D eigenvalue weighted by molar-refractivity contribution is 7.87. The van der Waals surface area contributed by atoms with E-state index in [1.165, 1.54) is 23.8 Å². The fourth-order valence-electron chi connectivity index (χ4n) is 6.25. The van der Waals surface area contributed by atoms with Crippen molar-refractivity contribution in [3.05, 3.63) is 64.2 Å². The SMILES string of the molecule is CC(=O)c1c(C)c2cnc(Nc3ccc(N4CCN(S(=O)(=O)NC(=O)C(N)Cc5cnc[nH]5)CC4)cn3)nc2n(C2CCCC2)c1=O. The molecular formula is C30H37N11O5S. The predicted molar refractivity (Wildman–Crippen MR) is 175 cm³/mol. The van der Waals surface area contributed by atoms with E-state index in [1.54, 1.807) is 30.0 Å². The molecule has 1 aliphatic heterocycles. The summed E-state index contributed by atoms with van der Waals surface area (Å²) in [5, 5.41) is 3.77. The molecule has 4 aromatic heterocycles. The van der Waals surface area contributed by atoms with Crippen LogP contribution >= 0.6 is 0 Å². The quantitative estimate of drug-likeness (QED) is 0.177. The van der Waals surface area contributed by atoms with Crippen LogP contribution < -0.4 is 26.2 Å². The van der Waals surface area contributed by atoms with Crippen LogP contribution in [0.4, 0.5) is 17.5 Å². The zero-order chi connectivity index (χ0) is 33.3. The molecule has 6 rings (SSSR count). The van der Waals surface area contributed by atoms with Crippen LogP contribution in [0.5, 0.6) is 0 Å². The number of aryl methyl sites for hydroxylation is 1. The first-order chi connectivity index (χ1) is 22.5. The van der Waals surface area contributed by atoms with Gasteiger partial charge in [0.2, 0.25) is 5.95 Å². The zero-order valence-corrected chi connectivity index (χ0v) is 27.0. The van der Waals surface area contributed by atoms with Gasteiger partial charge < -0.3 is 20.9 Å². The number of nitrogens with two attached hydrogens (primary N) is 1. The number of amides is 1. The molecule has 4 aromatic rings. The van der Waals surface area contributed by atoms with Crippen molar-refractivity contribution in [2.45, 2.75) is 58.0 Å². The minimum atomic E-state index is -4.07. The van der Waals surface area contributed by atoms with Crippen molar-refractivity contribution >= 4 is 50.4 Å². The number of carbonyl (C=O) groups is 2. The number of fused-ring (bicyclic) bond motifs is 1. The number of aromatic amines is 1. The molecule has 5 N–H and O–H groups in total. The summed E-state index contributed by atoms with van der Waals surface area (Å²) in [6, 6.07) is 2.54. The molecule has 0 spiro atoms. The van der Waals surface area contributed by atoms with E-state index in [1.807, 2.05) is 11.0 Å². The summed E-state index contributed by atoms with van der Waals surface area (Å²) in [6.45, 7) is 4.26. The van der Waals surface area contributed by atoms with Crippen molar-refractivity contribution in [3.8, 4) is 0 Å². The van der Waals surface area contributed by atoms with Crippen molar-refractivity contribution in [3.63, 3.8) is 0 Å². The smallest absolute Gasteiger partial charge is 0.303 e. The third kappa shape index (κ3) is 6.72. The van der Waals surface area contributed by atoms with E-state index < -0.39 is 22.2 Å². The fourth-order valence-corrected chi connectivity index (χ4v) is 7.43. The van der Waals surface area contributed by atoms with Crippen LogP contribution in [0.25, 0.3) is 11.0 Å². The molecule has 1 aliphatic carbocycles. The number of rotatable bonds is 10. The second-order valence-corrected chi connectivity index (χ2v) is 13.5. The van der Waals surface area contributed by atoms with Gasteiger partial charge in [-0.15, -0.1) is 0 Å². The molecule has 2 fully saturated rings. The number of carbonyl (C=O) groups excluding carboxylic acids is 2. The van der Waals surface area contributed by atoms with E-state index in [-0.39, 0.29) is 48.4 Å². The molecule has 248 valence electrons. The van der Waals surface area contributed by atoms with Gasteiger partial charge in [0.1, 0.15) is 11.5 Å². The summed E-state index contributed by atoms with van der Waals surface area (Å²) >= 11 is 0. The maximum absolute atomic E-state index is 13.5. The lowest BCUT2D eigenvalue weighted by Gasteiger charge is -2.35. The van der Waals surface area contributed by atoms with Gasteiger partial charge in [-0.2, -0.15) is 17.7 Å². The number of hydrogen-bond acceptors (Lipinski definition) is 12. The minimum absolute atomic E-state index is 0.0271. The molecule has 0 bridgehead atoms. The number of H-pyrrole nitrogens is 1. The number of piperazine rings is 1.